The van der Waals surface area contributed by atoms with Crippen LogP contribution in [-0.2, 0) is 0 Å². The summed E-state index contributed by atoms with van der Waals surface area (Å²) in [6.45, 7) is 4.09. The van der Waals surface area contributed by atoms with Gasteiger partial charge in [-0.3, -0.25) is 4.99 Å². The van der Waals surface area contributed by atoms with E-state index in [1.165, 1.54) is 11.3 Å². The van der Waals surface area contributed by atoms with Crippen LogP contribution >= 0.6 is 0 Å². The Morgan fingerprint density at radius 2 is 1.86 bits per heavy atom. The Morgan fingerprint density at radius 3 is 2.50 bits per heavy atom. The van der Waals surface area contributed by atoms with Gasteiger partial charge in [0.15, 0.2) is 0 Å². The molecular weight excluding hydrogens is 172 g/mol. The molecule has 0 spiro atoms. The average molecular weight is 186 g/mol. The van der Waals surface area contributed by atoms with Crippen LogP contribution in [0.4, 0.5) is 0 Å². The fourth-order valence-corrected chi connectivity index (χ4v) is 1.64. The van der Waals surface area contributed by atoms with E-state index in [-0.39, 0.29) is 6.17 Å². The van der Waals surface area contributed by atoms with Crippen molar-refractivity contribution in [2.45, 2.75) is 20.0 Å². The van der Waals surface area contributed by atoms with Gasteiger partial charge in [-0.15, -0.1) is 0 Å². The highest BCUT2D eigenvalue weighted by Crippen LogP contribution is 2.18. The standard InChI is InChI=1S/C12H14N2/c1-9-8-10(2)14-12(13-9)11-6-4-3-5-7-11/h3-8,12-13H,1-2H3. The molecule has 0 amide bonds. The molecule has 0 aliphatic carbocycles. The van der Waals surface area contributed by atoms with Crippen LogP contribution in [0.5, 0.6) is 0 Å². The quantitative estimate of drug-likeness (QED) is 0.716. The Bertz CT molecular complexity index is 377. The summed E-state index contributed by atoms with van der Waals surface area (Å²) in [5.41, 5.74) is 3.46. The SMILES string of the molecule is CC1=CC(C)=NC(c2ccccc2)N1. The van der Waals surface area contributed by atoms with Crippen LogP contribution in [0, 0.1) is 0 Å². The normalized spacial score (nSPS) is 20.9. The van der Waals surface area contributed by atoms with Gasteiger partial charge in [-0.1, -0.05) is 30.3 Å². The van der Waals surface area contributed by atoms with E-state index in [9.17, 15) is 0 Å². The second-order valence-electron chi connectivity index (χ2n) is 3.56. The van der Waals surface area contributed by atoms with Crippen molar-refractivity contribution < 1.29 is 0 Å². The van der Waals surface area contributed by atoms with E-state index in [1.807, 2.05) is 25.1 Å². The lowest BCUT2D eigenvalue weighted by Crippen LogP contribution is -2.22. The summed E-state index contributed by atoms with van der Waals surface area (Å²) < 4.78 is 0. The zero-order valence-electron chi connectivity index (χ0n) is 8.49. The van der Waals surface area contributed by atoms with Crippen LogP contribution in [0.1, 0.15) is 25.6 Å². The van der Waals surface area contributed by atoms with Crippen molar-refractivity contribution in [2.75, 3.05) is 0 Å². The van der Waals surface area contributed by atoms with E-state index < -0.39 is 0 Å². The second-order valence-corrected chi connectivity index (χ2v) is 3.56. The molecule has 14 heavy (non-hydrogen) atoms. The fraction of sp³-hybridized carbons (Fsp3) is 0.250. The maximum absolute atomic E-state index is 4.53. The third-order valence-corrected chi connectivity index (χ3v) is 2.24. The average Bonchev–Trinajstić information content (AvgIpc) is 2.18. The molecule has 72 valence electrons. The van der Waals surface area contributed by atoms with E-state index in [2.05, 4.69) is 35.4 Å². The molecule has 1 aliphatic rings. The lowest BCUT2D eigenvalue weighted by molar-refractivity contribution is 0.619. The first-order valence-corrected chi connectivity index (χ1v) is 4.80. The number of aliphatic imine (C=N–C) groups is 1. The number of hydrogen-bond acceptors (Lipinski definition) is 2. The fourth-order valence-electron chi connectivity index (χ4n) is 1.64. The Morgan fingerprint density at radius 1 is 1.14 bits per heavy atom. The van der Waals surface area contributed by atoms with Gasteiger partial charge in [-0.25, -0.2) is 0 Å². The van der Waals surface area contributed by atoms with E-state index in [1.54, 1.807) is 0 Å². The van der Waals surface area contributed by atoms with Crippen molar-refractivity contribution in [1.82, 2.24) is 5.32 Å². The van der Waals surface area contributed by atoms with Crippen molar-refractivity contribution in [3.8, 4) is 0 Å². The Hall–Kier alpha value is -1.57. The summed E-state index contributed by atoms with van der Waals surface area (Å²) in [6, 6.07) is 10.3. The van der Waals surface area contributed by atoms with Crippen molar-refractivity contribution >= 4 is 5.71 Å². The zero-order valence-corrected chi connectivity index (χ0v) is 8.49. The molecule has 0 fully saturated rings. The summed E-state index contributed by atoms with van der Waals surface area (Å²) >= 11 is 0. The first kappa shape index (κ1) is 9.00. The van der Waals surface area contributed by atoms with Gasteiger partial charge in [0.25, 0.3) is 0 Å². The van der Waals surface area contributed by atoms with Gasteiger partial charge in [0.2, 0.25) is 0 Å². The summed E-state index contributed by atoms with van der Waals surface area (Å²) in [5.74, 6) is 0. The molecule has 2 rings (SSSR count). The molecule has 2 nitrogen and oxygen atoms in total. The topological polar surface area (TPSA) is 24.4 Å². The largest absolute Gasteiger partial charge is 0.364 e. The number of nitrogens with one attached hydrogen (secondary N) is 1. The summed E-state index contributed by atoms with van der Waals surface area (Å²) in [6.07, 6.45) is 2.14. The number of benzene rings is 1. The summed E-state index contributed by atoms with van der Waals surface area (Å²) in [5, 5.41) is 3.34. The molecule has 0 bridgehead atoms. The second kappa shape index (κ2) is 3.66. The van der Waals surface area contributed by atoms with E-state index >= 15 is 0 Å². The van der Waals surface area contributed by atoms with Gasteiger partial charge in [-0.2, -0.15) is 0 Å². The number of rotatable bonds is 1. The predicted octanol–water partition coefficient (Wildman–Crippen LogP) is 2.65. The molecule has 1 N–H and O–H groups in total. The molecule has 1 aliphatic heterocycles. The smallest absolute Gasteiger partial charge is 0.144 e. The maximum Gasteiger partial charge on any atom is 0.144 e. The predicted molar refractivity (Wildman–Crippen MR) is 59.2 cm³/mol. The maximum atomic E-state index is 4.53. The monoisotopic (exact) mass is 186 g/mol. The third-order valence-electron chi connectivity index (χ3n) is 2.24. The van der Waals surface area contributed by atoms with Crippen LogP contribution in [-0.4, -0.2) is 5.71 Å². The van der Waals surface area contributed by atoms with Crippen molar-refractivity contribution in [1.29, 1.82) is 0 Å². The highest BCUT2D eigenvalue weighted by molar-refractivity contribution is 5.94. The Balaban J connectivity index is 2.27. The number of nitrogens with zero attached hydrogens (tertiary/aromatic N) is 1. The van der Waals surface area contributed by atoms with E-state index in [4.69, 9.17) is 0 Å². The first-order chi connectivity index (χ1) is 6.75. The molecule has 0 radical (unpaired) electrons. The molecular formula is C12H14N2. The van der Waals surface area contributed by atoms with Crippen LogP contribution in [0.3, 0.4) is 0 Å². The van der Waals surface area contributed by atoms with Crippen LogP contribution in [0.2, 0.25) is 0 Å². The third kappa shape index (κ3) is 1.84. The van der Waals surface area contributed by atoms with Crippen molar-refractivity contribution in [3.63, 3.8) is 0 Å². The van der Waals surface area contributed by atoms with Gasteiger partial charge in [-0.05, 0) is 25.5 Å². The van der Waals surface area contributed by atoms with Crippen LogP contribution < -0.4 is 5.32 Å². The van der Waals surface area contributed by atoms with Gasteiger partial charge < -0.3 is 5.32 Å². The highest BCUT2D eigenvalue weighted by atomic mass is 15.1. The zero-order chi connectivity index (χ0) is 9.97. The van der Waals surface area contributed by atoms with Crippen molar-refractivity contribution in [2.24, 2.45) is 4.99 Å². The molecule has 0 saturated carbocycles. The minimum absolute atomic E-state index is 0.0844. The number of allylic oxidation sites excluding steroid dienone is 2. The van der Waals surface area contributed by atoms with Gasteiger partial charge in [0.05, 0.1) is 0 Å². The summed E-state index contributed by atoms with van der Waals surface area (Å²) in [7, 11) is 0. The first-order valence-electron chi connectivity index (χ1n) is 4.80. The Labute approximate surface area is 84.4 Å². The molecule has 1 aromatic rings. The molecule has 1 unspecified atom stereocenters. The Kier molecular flexibility index (Phi) is 2.35. The lowest BCUT2D eigenvalue weighted by Gasteiger charge is -2.21. The van der Waals surface area contributed by atoms with Crippen LogP contribution in [0.15, 0.2) is 47.1 Å². The summed E-state index contributed by atoms with van der Waals surface area (Å²) in [4.78, 5) is 4.53. The molecule has 0 saturated heterocycles. The lowest BCUT2D eigenvalue weighted by atomic mass is 10.1. The molecule has 1 heterocycles. The van der Waals surface area contributed by atoms with Crippen LogP contribution in [0.25, 0.3) is 0 Å². The number of hydrogen-bond donors (Lipinski definition) is 1. The van der Waals surface area contributed by atoms with E-state index in [0.717, 1.165) is 5.71 Å². The van der Waals surface area contributed by atoms with Gasteiger partial charge >= 0.3 is 0 Å². The van der Waals surface area contributed by atoms with E-state index in [0.29, 0.717) is 0 Å². The minimum atomic E-state index is 0.0844. The molecule has 1 atom stereocenters. The molecule has 1 aromatic carbocycles. The minimum Gasteiger partial charge on any atom is -0.364 e. The van der Waals surface area contributed by atoms with Gasteiger partial charge in [0.1, 0.15) is 6.17 Å². The molecule has 2 heteroatoms. The van der Waals surface area contributed by atoms with Gasteiger partial charge in [0, 0.05) is 11.4 Å². The molecule has 0 aromatic heterocycles. The highest BCUT2D eigenvalue weighted by Gasteiger charge is 2.12. The van der Waals surface area contributed by atoms with Crippen molar-refractivity contribution in [3.05, 3.63) is 47.7 Å².